The summed E-state index contributed by atoms with van der Waals surface area (Å²) in [6.07, 6.45) is 2.84. The van der Waals surface area contributed by atoms with Crippen LogP contribution in [-0.4, -0.2) is 30.0 Å². The average Bonchev–Trinajstić information content (AvgIpc) is 2.98. The Kier molecular flexibility index (Phi) is 4.85. The Morgan fingerprint density at radius 1 is 1.39 bits per heavy atom. The van der Waals surface area contributed by atoms with Crippen molar-refractivity contribution in [1.29, 1.82) is 0 Å². The quantitative estimate of drug-likeness (QED) is 0.931. The fourth-order valence-corrected chi connectivity index (χ4v) is 4.22. The molecule has 0 bridgehead atoms. The molecule has 3 rings (SSSR count). The summed E-state index contributed by atoms with van der Waals surface area (Å²) >= 11 is 1.77. The van der Waals surface area contributed by atoms with Crippen LogP contribution in [0.4, 0.5) is 5.13 Å². The molecule has 0 unspecified atom stereocenters. The van der Waals surface area contributed by atoms with E-state index in [9.17, 15) is 4.79 Å². The summed E-state index contributed by atoms with van der Waals surface area (Å²) in [4.78, 5) is 19.3. The minimum absolute atomic E-state index is 0.147. The molecule has 124 valence electrons. The van der Waals surface area contributed by atoms with E-state index in [1.807, 2.05) is 13.8 Å². The Morgan fingerprint density at radius 2 is 2.13 bits per heavy atom. The maximum atomic E-state index is 12.1. The zero-order valence-corrected chi connectivity index (χ0v) is 14.9. The van der Waals surface area contributed by atoms with E-state index in [2.05, 4.69) is 35.3 Å². The van der Waals surface area contributed by atoms with E-state index in [-0.39, 0.29) is 17.9 Å². The van der Waals surface area contributed by atoms with Gasteiger partial charge in [-0.3, -0.25) is 4.79 Å². The number of para-hydroxylation sites is 1. The molecule has 1 aliphatic heterocycles. The number of hydrogen-bond donors (Lipinski definition) is 1. The van der Waals surface area contributed by atoms with E-state index in [1.165, 1.54) is 10.3 Å². The molecule has 1 N–H and O–H groups in total. The molecular weight excluding hydrogens is 306 g/mol. The van der Waals surface area contributed by atoms with E-state index >= 15 is 0 Å². The van der Waals surface area contributed by atoms with E-state index in [1.54, 1.807) is 11.3 Å². The second kappa shape index (κ2) is 6.87. The van der Waals surface area contributed by atoms with Crippen LogP contribution in [0.5, 0.6) is 0 Å². The minimum atomic E-state index is 0.147. The Hall–Kier alpha value is -1.62. The molecular formula is C18H25N3OS. The van der Waals surface area contributed by atoms with Gasteiger partial charge in [0.2, 0.25) is 5.91 Å². The molecule has 5 heteroatoms. The van der Waals surface area contributed by atoms with Gasteiger partial charge in [0.25, 0.3) is 0 Å². The van der Waals surface area contributed by atoms with Crippen molar-refractivity contribution in [3.63, 3.8) is 0 Å². The van der Waals surface area contributed by atoms with Crippen LogP contribution < -0.4 is 10.2 Å². The predicted octanol–water partition coefficient (Wildman–Crippen LogP) is 3.60. The number of benzene rings is 1. The Balaban J connectivity index is 1.69. The number of carbonyl (C=O) groups excluding carboxylic acids is 1. The lowest BCUT2D eigenvalue weighted by molar-refractivity contribution is -0.126. The largest absolute Gasteiger partial charge is 0.354 e. The van der Waals surface area contributed by atoms with Crippen LogP contribution >= 0.6 is 11.3 Å². The summed E-state index contributed by atoms with van der Waals surface area (Å²) in [6, 6.07) is 6.65. The summed E-state index contributed by atoms with van der Waals surface area (Å²) in [5.74, 6) is 0.353. The lowest BCUT2D eigenvalue weighted by atomic mass is 9.96. The third-order valence-corrected chi connectivity index (χ3v) is 5.52. The Morgan fingerprint density at radius 3 is 2.78 bits per heavy atom. The first-order valence-corrected chi connectivity index (χ1v) is 9.34. The standard InChI is InChI=1S/C18H25N3OS/c1-4-13-6-5-7-15-16(13)20-18(23-15)21-10-8-14(9-11-21)17(22)19-12(2)3/h5-7,12,14H,4,8-11H2,1-3H3,(H,19,22). The van der Waals surface area contributed by atoms with Gasteiger partial charge in [0, 0.05) is 25.0 Å². The van der Waals surface area contributed by atoms with E-state index < -0.39 is 0 Å². The van der Waals surface area contributed by atoms with Crippen molar-refractivity contribution >= 4 is 32.6 Å². The number of carbonyl (C=O) groups is 1. The van der Waals surface area contributed by atoms with E-state index in [4.69, 9.17) is 4.98 Å². The number of anilines is 1. The highest BCUT2D eigenvalue weighted by atomic mass is 32.1. The van der Waals surface area contributed by atoms with Gasteiger partial charge in [0.05, 0.1) is 10.2 Å². The number of aromatic nitrogens is 1. The zero-order chi connectivity index (χ0) is 16.4. The van der Waals surface area contributed by atoms with Crippen LogP contribution in [0.25, 0.3) is 10.2 Å². The lowest BCUT2D eigenvalue weighted by Gasteiger charge is -2.31. The minimum Gasteiger partial charge on any atom is -0.354 e. The predicted molar refractivity (Wildman–Crippen MR) is 97.2 cm³/mol. The van der Waals surface area contributed by atoms with Crippen molar-refractivity contribution in [2.75, 3.05) is 18.0 Å². The van der Waals surface area contributed by atoms with Gasteiger partial charge in [-0.25, -0.2) is 4.98 Å². The second-order valence-electron chi connectivity index (χ2n) is 6.54. The normalized spacial score (nSPS) is 16.3. The monoisotopic (exact) mass is 331 g/mol. The molecule has 0 radical (unpaired) electrons. The molecule has 1 aromatic carbocycles. The molecule has 1 amide bonds. The van der Waals surface area contributed by atoms with Crippen LogP contribution in [-0.2, 0) is 11.2 Å². The lowest BCUT2D eigenvalue weighted by Crippen LogP contribution is -2.42. The molecule has 0 atom stereocenters. The molecule has 2 heterocycles. The Bertz CT molecular complexity index is 687. The molecule has 1 saturated heterocycles. The SMILES string of the molecule is CCc1cccc2sc(N3CCC(C(=O)NC(C)C)CC3)nc12. The van der Waals surface area contributed by atoms with Crippen molar-refractivity contribution in [1.82, 2.24) is 10.3 Å². The third-order valence-electron chi connectivity index (χ3n) is 4.44. The Labute approximate surface area is 141 Å². The number of fused-ring (bicyclic) bond motifs is 1. The maximum Gasteiger partial charge on any atom is 0.223 e. The van der Waals surface area contributed by atoms with Crippen LogP contribution in [0, 0.1) is 5.92 Å². The molecule has 1 aliphatic rings. The van der Waals surface area contributed by atoms with Crippen LogP contribution in [0.1, 0.15) is 39.2 Å². The zero-order valence-electron chi connectivity index (χ0n) is 14.1. The molecule has 0 aliphatic carbocycles. The molecule has 4 nitrogen and oxygen atoms in total. The van der Waals surface area contributed by atoms with E-state index in [0.29, 0.717) is 0 Å². The van der Waals surface area contributed by atoms with Crippen molar-refractivity contribution in [3.8, 4) is 0 Å². The number of nitrogens with one attached hydrogen (secondary N) is 1. The summed E-state index contributed by atoms with van der Waals surface area (Å²) in [5, 5.41) is 4.13. The van der Waals surface area contributed by atoms with Gasteiger partial charge in [-0.1, -0.05) is 30.4 Å². The molecule has 0 saturated carbocycles. The fraction of sp³-hybridized carbons (Fsp3) is 0.556. The van der Waals surface area contributed by atoms with Gasteiger partial charge >= 0.3 is 0 Å². The van der Waals surface area contributed by atoms with Gasteiger partial charge in [0.15, 0.2) is 5.13 Å². The summed E-state index contributed by atoms with van der Waals surface area (Å²) in [7, 11) is 0. The number of piperidine rings is 1. The first-order chi connectivity index (χ1) is 11.1. The topological polar surface area (TPSA) is 45.2 Å². The summed E-state index contributed by atoms with van der Waals surface area (Å²) < 4.78 is 1.26. The summed E-state index contributed by atoms with van der Waals surface area (Å²) in [6.45, 7) is 8.03. The number of hydrogen-bond acceptors (Lipinski definition) is 4. The highest BCUT2D eigenvalue weighted by Gasteiger charge is 2.26. The second-order valence-corrected chi connectivity index (χ2v) is 7.55. The number of amides is 1. The van der Waals surface area contributed by atoms with Crippen LogP contribution in [0.3, 0.4) is 0 Å². The van der Waals surface area contributed by atoms with Crippen molar-refractivity contribution < 1.29 is 4.79 Å². The number of nitrogens with zero attached hydrogens (tertiary/aromatic N) is 2. The summed E-state index contributed by atoms with van der Waals surface area (Å²) in [5.41, 5.74) is 2.46. The molecule has 2 aromatic rings. The van der Waals surface area contributed by atoms with Crippen molar-refractivity contribution in [2.45, 2.75) is 46.1 Å². The maximum absolute atomic E-state index is 12.1. The van der Waals surface area contributed by atoms with Gasteiger partial charge in [-0.05, 0) is 44.7 Å². The van der Waals surface area contributed by atoms with E-state index in [0.717, 1.165) is 43.0 Å². The van der Waals surface area contributed by atoms with Gasteiger partial charge in [-0.15, -0.1) is 0 Å². The first kappa shape index (κ1) is 16.2. The van der Waals surface area contributed by atoms with Crippen LogP contribution in [0.15, 0.2) is 18.2 Å². The van der Waals surface area contributed by atoms with Gasteiger partial charge in [0.1, 0.15) is 0 Å². The highest BCUT2D eigenvalue weighted by Crippen LogP contribution is 2.33. The number of aryl methyl sites for hydroxylation is 1. The number of thiazole rings is 1. The van der Waals surface area contributed by atoms with Gasteiger partial charge in [-0.2, -0.15) is 0 Å². The van der Waals surface area contributed by atoms with Gasteiger partial charge < -0.3 is 10.2 Å². The first-order valence-electron chi connectivity index (χ1n) is 8.52. The highest BCUT2D eigenvalue weighted by molar-refractivity contribution is 7.22. The number of rotatable bonds is 4. The molecule has 23 heavy (non-hydrogen) atoms. The van der Waals surface area contributed by atoms with Crippen molar-refractivity contribution in [3.05, 3.63) is 23.8 Å². The van der Waals surface area contributed by atoms with Crippen LogP contribution in [0.2, 0.25) is 0 Å². The molecule has 1 aromatic heterocycles. The fourth-order valence-electron chi connectivity index (χ4n) is 3.15. The molecule has 1 fully saturated rings. The van der Waals surface area contributed by atoms with Crippen molar-refractivity contribution in [2.24, 2.45) is 5.92 Å². The average molecular weight is 331 g/mol. The smallest absolute Gasteiger partial charge is 0.223 e. The molecule has 0 spiro atoms. The third kappa shape index (κ3) is 3.50.